The smallest absolute Gasteiger partial charge is 0.337 e. The van der Waals surface area contributed by atoms with Gasteiger partial charge in [-0.25, -0.2) is 9.78 Å². The van der Waals surface area contributed by atoms with E-state index in [0.29, 0.717) is 5.52 Å². The van der Waals surface area contributed by atoms with Gasteiger partial charge in [-0.3, -0.25) is 0 Å². The lowest BCUT2D eigenvalue weighted by Gasteiger charge is -1.97. The fourth-order valence-corrected chi connectivity index (χ4v) is 1.36. The van der Waals surface area contributed by atoms with Crippen LogP contribution in [0.2, 0.25) is 0 Å². The quantitative estimate of drug-likeness (QED) is 0.760. The molecule has 0 fully saturated rings. The molecule has 0 spiro atoms. The number of aromatic carboxylic acids is 1. The number of aryl methyl sites for hydroxylation is 1. The number of H-pyrrole nitrogens is 1. The van der Waals surface area contributed by atoms with Crippen LogP contribution in [0.15, 0.2) is 18.5 Å². The number of fused-ring (bicyclic) bond motifs is 1. The third kappa shape index (κ3) is 1.56. The molecular formula is C9H9ClN2O2. The molecule has 1 heterocycles. The fourth-order valence-electron chi connectivity index (χ4n) is 1.36. The second kappa shape index (κ2) is 3.67. The maximum atomic E-state index is 10.8. The largest absolute Gasteiger partial charge is 0.478 e. The summed E-state index contributed by atoms with van der Waals surface area (Å²) in [5, 5.41) is 8.87. The van der Waals surface area contributed by atoms with Crippen LogP contribution < -0.4 is 0 Å². The summed E-state index contributed by atoms with van der Waals surface area (Å²) in [7, 11) is 0. The molecule has 4 nitrogen and oxygen atoms in total. The minimum absolute atomic E-state index is 0. The number of hydrogen-bond donors (Lipinski definition) is 2. The van der Waals surface area contributed by atoms with Crippen molar-refractivity contribution < 1.29 is 9.90 Å². The van der Waals surface area contributed by atoms with Crippen molar-refractivity contribution in [3.63, 3.8) is 0 Å². The molecule has 0 radical (unpaired) electrons. The molecule has 0 saturated heterocycles. The molecule has 0 atom stereocenters. The van der Waals surface area contributed by atoms with E-state index < -0.39 is 5.97 Å². The van der Waals surface area contributed by atoms with Gasteiger partial charge in [-0.15, -0.1) is 12.4 Å². The first-order valence-electron chi connectivity index (χ1n) is 3.85. The number of nitrogens with zero attached hydrogens (tertiary/aromatic N) is 1. The average molecular weight is 213 g/mol. The van der Waals surface area contributed by atoms with Crippen molar-refractivity contribution in [2.45, 2.75) is 6.92 Å². The highest BCUT2D eigenvalue weighted by Crippen LogP contribution is 2.17. The zero-order valence-electron chi connectivity index (χ0n) is 7.44. The molecule has 0 aliphatic rings. The molecule has 2 N–H and O–H groups in total. The lowest BCUT2D eigenvalue weighted by molar-refractivity contribution is 0.0698. The van der Waals surface area contributed by atoms with Gasteiger partial charge >= 0.3 is 5.97 Å². The summed E-state index contributed by atoms with van der Waals surface area (Å²) in [4.78, 5) is 17.6. The van der Waals surface area contributed by atoms with Crippen molar-refractivity contribution in [3.05, 3.63) is 29.6 Å². The average Bonchev–Trinajstić information content (AvgIpc) is 2.49. The van der Waals surface area contributed by atoms with Gasteiger partial charge in [0.2, 0.25) is 0 Å². The molecular weight excluding hydrogens is 204 g/mol. The normalized spacial score (nSPS) is 9.79. The Morgan fingerprint density at radius 1 is 1.50 bits per heavy atom. The standard InChI is InChI=1S/C9H8N2O2.ClH/c1-5-2-6(9(12)13)8-7(3-5)10-4-11-8;/h2-4H,1H3,(H,10,11)(H,12,13);1H. The zero-order chi connectivity index (χ0) is 9.42. The lowest BCUT2D eigenvalue weighted by atomic mass is 10.1. The molecule has 2 rings (SSSR count). The van der Waals surface area contributed by atoms with Crippen LogP contribution in [0.3, 0.4) is 0 Å². The highest BCUT2D eigenvalue weighted by molar-refractivity contribution is 6.01. The van der Waals surface area contributed by atoms with Gasteiger partial charge in [-0.05, 0) is 24.6 Å². The molecule has 0 bridgehead atoms. The number of carbonyl (C=O) groups is 1. The second-order valence-electron chi connectivity index (χ2n) is 2.92. The van der Waals surface area contributed by atoms with E-state index in [9.17, 15) is 4.79 Å². The Hall–Kier alpha value is -1.55. The Morgan fingerprint density at radius 2 is 2.21 bits per heavy atom. The molecule has 2 aromatic rings. The Kier molecular flexibility index (Phi) is 2.76. The number of carboxylic acid groups (broad SMARTS) is 1. The Morgan fingerprint density at radius 3 is 2.86 bits per heavy atom. The van der Waals surface area contributed by atoms with E-state index in [-0.39, 0.29) is 18.0 Å². The molecule has 0 amide bonds. The number of carboxylic acids is 1. The van der Waals surface area contributed by atoms with Gasteiger partial charge in [-0.2, -0.15) is 0 Å². The zero-order valence-corrected chi connectivity index (χ0v) is 8.26. The molecule has 5 heteroatoms. The first-order chi connectivity index (χ1) is 6.18. The molecule has 74 valence electrons. The number of aromatic amines is 1. The van der Waals surface area contributed by atoms with Gasteiger partial charge in [0.1, 0.15) is 5.52 Å². The minimum Gasteiger partial charge on any atom is -0.478 e. The first kappa shape index (κ1) is 10.5. The molecule has 14 heavy (non-hydrogen) atoms. The fraction of sp³-hybridized carbons (Fsp3) is 0.111. The number of benzene rings is 1. The molecule has 1 aromatic carbocycles. The van der Waals surface area contributed by atoms with Crippen LogP contribution in [0.5, 0.6) is 0 Å². The Balaban J connectivity index is 0.000000980. The lowest BCUT2D eigenvalue weighted by Crippen LogP contribution is -1.98. The first-order valence-corrected chi connectivity index (χ1v) is 3.85. The third-order valence-electron chi connectivity index (χ3n) is 1.90. The summed E-state index contributed by atoms with van der Waals surface area (Å²) in [5.74, 6) is -0.944. The van der Waals surface area contributed by atoms with Gasteiger partial charge in [0, 0.05) is 0 Å². The number of aromatic nitrogens is 2. The van der Waals surface area contributed by atoms with Crippen molar-refractivity contribution in [1.29, 1.82) is 0 Å². The summed E-state index contributed by atoms with van der Waals surface area (Å²) in [6.45, 7) is 1.85. The second-order valence-corrected chi connectivity index (χ2v) is 2.92. The highest BCUT2D eigenvalue weighted by Gasteiger charge is 2.10. The molecule has 0 saturated carbocycles. The van der Waals surface area contributed by atoms with Crippen LogP contribution in [-0.4, -0.2) is 21.0 Å². The minimum atomic E-state index is -0.944. The SMILES string of the molecule is Cc1cc(C(=O)O)c2nc[nH]c2c1.Cl. The van der Waals surface area contributed by atoms with Crippen molar-refractivity contribution in [3.8, 4) is 0 Å². The molecule has 0 aliphatic heterocycles. The third-order valence-corrected chi connectivity index (χ3v) is 1.90. The molecule has 0 aliphatic carbocycles. The van der Waals surface area contributed by atoms with Gasteiger partial charge in [-0.1, -0.05) is 0 Å². The van der Waals surface area contributed by atoms with Gasteiger partial charge in [0.15, 0.2) is 0 Å². The van der Waals surface area contributed by atoms with Crippen molar-refractivity contribution in [2.24, 2.45) is 0 Å². The predicted octanol–water partition coefficient (Wildman–Crippen LogP) is 1.99. The van der Waals surface area contributed by atoms with E-state index in [0.717, 1.165) is 11.1 Å². The topological polar surface area (TPSA) is 66.0 Å². The number of hydrogen-bond acceptors (Lipinski definition) is 2. The monoisotopic (exact) mass is 212 g/mol. The van der Waals surface area contributed by atoms with Crippen LogP contribution >= 0.6 is 12.4 Å². The summed E-state index contributed by atoms with van der Waals surface area (Å²) in [6.07, 6.45) is 1.50. The van der Waals surface area contributed by atoms with Crippen LogP contribution in [-0.2, 0) is 0 Å². The van der Waals surface area contributed by atoms with Gasteiger partial charge in [0.05, 0.1) is 17.4 Å². The van der Waals surface area contributed by atoms with Crippen molar-refractivity contribution in [2.75, 3.05) is 0 Å². The Bertz CT molecular complexity index is 479. The number of nitrogens with one attached hydrogen (secondary N) is 1. The summed E-state index contributed by atoms with van der Waals surface area (Å²) >= 11 is 0. The van der Waals surface area contributed by atoms with Crippen LogP contribution in [0.4, 0.5) is 0 Å². The van der Waals surface area contributed by atoms with Crippen LogP contribution in [0.25, 0.3) is 11.0 Å². The Labute approximate surface area is 86.4 Å². The van der Waals surface area contributed by atoms with Crippen LogP contribution in [0.1, 0.15) is 15.9 Å². The van der Waals surface area contributed by atoms with E-state index in [1.54, 1.807) is 6.07 Å². The number of imidazole rings is 1. The maximum Gasteiger partial charge on any atom is 0.337 e. The van der Waals surface area contributed by atoms with Crippen molar-refractivity contribution in [1.82, 2.24) is 9.97 Å². The van der Waals surface area contributed by atoms with E-state index in [2.05, 4.69) is 9.97 Å². The predicted molar refractivity (Wildman–Crippen MR) is 55.0 cm³/mol. The molecule has 0 unspecified atom stereocenters. The summed E-state index contributed by atoms with van der Waals surface area (Å²) in [5.41, 5.74) is 2.43. The van der Waals surface area contributed by atoms with E-state index >= 15 is 0 Å². The summed E-state index contributed by atoms with van der Waals surface area (Å²) in [6, 6.07) is 3.49. The van der Waals surface area contributed by atoms with Crippen molar-refractivity contribution >= 4 is 29.4 Å². The maximum absolute atomic E-state index is 10.8. The van der Waals surface area contributed by atoms with Crippen LogP contribution in [0, 0.1) is 6.92 Å². The van der Waals surface area contributed by atoms with Gasteiger partial charge < -0.3 is 10.1 Å². The van der Waals surface area contributed by atoms with E-state index in [4.69, 9.17) is 5.11 Å². The van der Waals surface area contributed by atoms with Gasteiger partial charge in [0.25, 0.3) is 0 Å². The number of halogens is 1. The highest BCUT2D eigenvalue weighted by atomic mass is 35.5. The van der Waals surface area contributed by atoms with E-state index in [1.165, 1.54) is 6.33 Å². The summed E-state index contributed by atoms with van der Waals surface area (Å²) < 4.78 is 0. The number of rotatable bonds is 1. The molecule has 1 aromatic heterocycles. The van der Waals surface area contributed by atoms with E-state index in [1.807, 2.05) is 13.0 Å².